The van der Waals surface area contributed by atoms with Crippen molar-refractivity contribution in [3.05, 3.63) is 0 Å². The van der Waals surface area contributed by atoms with Crippen LogP contribution in [0.3, 0.4) is 0 Å². The number of ether oxygens (including phenoxy) is 2. The lowest BCUT2D eigenvalue weighted by molar-refractivity contribution is -0.137. The maximum atomic E-state index is 12.4. The molecule has 130 valence electrons. The summed E-state index contributed by atoms with van der Waals surface area (Å²) in [5.74, 6) is 0.185. The monoisotopic (exact) mass is 316 g/mol. The van der Waals surface area contributed by atoms with Gasteiger partial charge in [-0.2, -0.15) is 0 Å². The van der Waals surface area contributed by atoms with Gasteiger partial charge in [0.1, 0.15) is 0 Å². The van der Waals surface area contributed by atoms with Crippen molar-refractivity contribution in [2.24, 2.45) is 5.92 Å². The number of rotatable bonds is 9. The van der Waals surface area contributed by atoms with Crippen LogP contribution in [0.2, 0.25) is 0 Å². The zero-order chi connectivity index (χ0) is 16.5. The fourth-order valence-electron chi connectivity index (χ4n) is 2.69. The van der Waals surface area contributed by atoms with Gasteiger partial charge in [-0.1, -0.05) is 0 Å². The first-order valence-corrected chi connectivity index (χ1v) is 8.26. The summed E-state index contributed by atoms with van der Waals surface area (Å²) in [4.78, 5) is 14.0. The fourth-order valence-corrected chi connectivity index (χ4v) is 2.69. The minimum absolute atomic E-state index is 0.0637. The van der Waals surface area contributed by atoms with Gasteiger partial charge in [-0.05, 0) is 40.2 Å². The normalized spacial score (nSPS) is 23.5. The van der Waals surface area contributed by atoms with Gasteiger partial charge in [0, 0.05) is 25.6 Å². The van der Waals surface area contributed by atoms with Gasteiger partial charge in [0.15, 0.2) is 0 Å². The van der Waals surface area contributed by atoms with Gasteiger partial charge in [0.05, 0.1) is 32.0 Å². The molecule has 22 heavy (non-hydrogen) atoms. The van der Waals surface area contributed by atoms with E-state index in [9.17, 15) is 9.90 Å². The summed E-state index contributed by atoms with van der Waals surface area (Å²) in [5, 5.41) is 13.3. The number of nitrogens with one attached hydrogen (secondary N) is 1. The molecule has 1 fully saturated rings. The van der Waals surface area contributed by atoms with Crippen molar-refractivity contribution in [2.45, 2.75) is 51.9 Å². The molecule has 6 nitrogen and oxygen atoms in total. The number of carbonyl (C=O) groups is 1. The average Bonchev–Trinajstić information content (AvgIpc) is 2.45. The molecule has 1 amide bonds. The summed E-state index contributed by atoms with van der Waals surface area (Å²) in [6.45, 7) is 8.43. The van der Waals surface area contributed by atoms with Gasteiger partial charge in [0.2, 0.25) is 5.91 Å². The van der Waals surface area contributed by atoms with E-state index in [0.29, 0.717) is 25.8 Å². The molecule has 1 rings (SSSR count). The van der Waals surface area contributed by atoms with Crippen LogP contribution in [0, 0.1) is 5.92 Å². The Hall–Kier alpha value is -0.690. The standard InChI is InChI=1S/C16H32N2O4/c1-12(2)22-8-7-21-11-15(19)10-18(4)16(20)14-5-6-17-13(3)9-14/h12-15,17,19H,5-11H2,1-4H3/t13-,14-,15?/m0/s1. The average molecular weight is 316 g/mol. The first kappa shape index (κ1) is 19.4. The van der Waals surface area contributed by atoms with Crippen LogP contribution in [0.5, 0.6) is 0 Å². The van der Waals surface area contributed by atoms with Crippen molar-refractivity contribution in [3.8, 4) is 0 Å². The zero-order valence-electron chi connectivity index (χ0n) is 14.4. The fraction of sp³-hybridized carbons (Fsp3) is 0.938. The molecule has 1 aliphatic heterocycles. The third kappa shape index (κ3) is 7.54. The van der Waals surface area contributed by atoms with E-state index in [2.05, 4.69) is 12.2 Å². The van der Waals surface area contributed by atoms with Crippen LogP contribution in [0.1, 0.15) is 33.6 Å². The van der Waals surface area contributed by atoms with Crippen molar-refractivity contribution in [2.75, 3.05) is 40.0 Å². The molecule has 0 aromatic heterocycles. The molecule has 0 bridgehead atoms. The first-order valence-electron chi connectivity index (χ1n) is 8.26. The van der Waals surface area contributed by atoms with Gasteiger partial charge in [-0.3, -0.25) is 4.79 Å². The zero-order valence-corrected chi connectivity index (χ0v) is 14.4. The topological polar surface area (TPSA) is 71.0 Å². The van der Waals surface area contributed by atoms with Crippen LogP contribution in [-0.4, -0.2) is 74.1 Å². The molecular formula is C16H32N2O4. The van der Waals surface area contributed by atoms with E-state index in [1.54, 1.807) is 11.9 Å². The minimum Gasteiger partial charge on any atom is -0.389 e. The number of hydrogen-bond donors (Lipinski definition) is 2. The van der Waals surface area contributed by atoms with E-state index in [1.165, 1.54) is 0 Å². The van der Waals surface area contributed by atoms with Crippen molar-refractivity contribution < 1.29 is 19.4 Å². The number of amides is 1. The van der Waals surface area contributed by atoms with Crippen LogP contribution in [0.4, 0.5) is 0 Å². The maximum Gasteiger partial charge on any atom is 0.225 e. The third-order valence-electron chi connectivity index (χ3n) is 3.82. The summed E-state index contributed by atoms with van der Waals surface area (Å²) in [6, 6.07) is 0.380. The number of aliphatic hydroxyl groups excluding tert-OH is 1. The highest BCUT2D eigenvalue weighted by molar-refractivity contribution is 5.78. The molecule has 3 atom stereocenters. The summed E-state index contributed by atoms with van der Waals surface area (Å²) in [6.07, 6.45) is 1.26. The molecule has 0 aromatic carbocycles. The molecule has 6 heteroatoms. The molecule has 0 radical (unpaired) electrons. The first-order chi connectivity index (χ1) is 10.4. The van der Waals surface area contributed by atoms with Crippen molar-refractivity contribution in [3.63, 3.8) is 0 Å². The van der Waals surface area contributed by atoms with E-state index in [4.69, 9.17) is 9.47 Å². The Morgan fingerprint density at radius 2 is 2.14 bits per heavy atom. The Balaban J connectivity index is 2.19. The van der Waals surface area contributed by atoms with Crippen LogP contribution >= 0.6 is 0 Å². The van der Waals surface area contributed by atoms with Gasteiger partial charge in [-0.25, -0.2) is 0 Å². The molecule has 0 saturated carbocycles. The van der Waals surface area contributed by atoms with Crippen molar-refractivity contribution in [1.82, 2.24) is 10.2 Å². The second kappa shape index (κ2) is 10.2. The van der Waals surface area contributed by atoms with Crippen LogP contribution < -0.4 is 5.32 Å². The number of hydrogen-bond acceptors (Lipinski definition) is 5. The largest absolute Gasteiger partial charge is 0.389 e. The van der Waals surface area contributed by atoms with E-state index < -0.39 is 6.10 Å². The molecule has 0 spiro atoms. The number of piperidine rings is 1. The van der Waals surface area contributed by atoms with Gasteiger partial charge in [-0.15, -0.1) is 0 Å². The smallest absolute Gasteiger partial charge is 0.225 e. The number of nitrogens with zero attached hydrogens (tertiary/aromatic N) is 1. The third-order valence-corrected chi connectivity index (χ3v) is 3.82. The molecule has 0 aliphatic carbocycles. The molecule has 2 N–H and O–H groups in total. The Labute approximate surface area is 134 Å². The van der Waals surface area contributed by atoms with E-state index >= 15 is 0 Å². The molecule has 1 heterocycles. The Morgan fingerprint density at radius 3 is 2.77 bits per heavy atom. The molecule has 1 aliphatic rings. The SMILES string of the molecule is CC(C)OCCOCC(O)CN(C)C(=O)[C@H]1CCN[C@@H](C)C1. The molecule has 1 unspecified atom stereocenters. The van der Waals surface area contributed by atoms with Crippen LogP contribution in [0.25, 0.3) is 0 Å². The lowest BCUT2D eigenvalue weighted by Gasteiger charge is -2.31. The van der Waals surface area contributed by atoms with E-state index in [0.717, 1.165) is 19.4 Å². The molecule has 1 saturated heterocycles. The number of likely N-dealkylation sites (N-methyl/N-ethyl adjacent to an activating group) is 1. The lowest BCUT2D eigenvalue weighted by Crippen LogP contribution is -2.45. The van der Waals surface area contributed by atoms with Gasteiger partial charge >= 0.3 is 0 Å². The van der Waals surface area contributed by atoms with E-state index in [1.807, 2.05) is 13.8 Å². The predicted molar refractivity (Wildman–Crippen MR) is 85.7 cm³/mol. The minimum atomic E-state index is -0.660. The second-order valence-corrected chi connectivity index (χ2v) is 6.44. The second-order valence-electron chi connectivity index (χ2n) is 6.44. The Bertz CT molecular complexity index is 325. The summed E-state index contributed by atoms with van der Waals surface area (Å²) < 4.78 is 10.7. The number of carbonyl (C=O) groups excluding carboxylic acids is 1. The highest BCUT2D eigenvalue weighted by Gasteiger charge is 2.27. The highest BCUT2D eigenvalue weighted by Crippen LogP contribution is 2.18. The van der Waals surface area contributed by atoms with Crippen molar-refractivity contribution in [1.29, 1.82) is 0 Å². The van der Waals surface area contributed by atoms with Gasteiger partial charge in [0.25, 0.3) is 0 Å². The Morgan fingerprint density at radius 1 is 1.41 bits per heavy atom. The van der Waals surface area contributed by atoms with E-state index in [-0.39, 0.29) is 24.5 Å². The number of aliphatic hydroxyl groups is 1. The summed E-state index contributed by atoms with van der Waals surface area (Å²) >= 11 is 0. The van der Waals surface area contributed by atoms with Gasteiger partial charge < -0.3 is 24.8 Å². The molecule has 0 aromatic rings. The predicted octanol–water partition coefficient (Wildman–Crippen LogP) is 0.635. The highest BCUT2D eigenvalue weighted by atomic mass is 16.5. The molecular weight excluding hydrogens is 284 g/mol. The Kier molecular flexibility index (Phi) is 8.93. The van der Waals surface area contributed by atoms with Crippen molar-refractivity contribution >= 4 is 5.91 Å². The van der Waals surface area contributed by atoms with Crippen LogP contribution in [0.15, 0.2) is 0 Å². The van der Waals surface area contributed by atoms with Crippen LogP contribution in [-0.2, 0) is 14.3 Å². The lowest BCUT2D eigenvalue weighted by atomic mass is 9.92. The quantitative estimate of drug-likeness (QED) is 0.611. The summed E-state index contributed by atoms with van der Waals surface area (Å²) in [5.41, 5.74) is 0. The maximum absolute atomic E-state index is 12.4. The summed E-state index contributed by atoms with van der Waals surface area (Å²) in [7, 11) is 1.75.